The predicted octanol–water partition coefficient (Wildman–Crippen LogP) is 2.45. The Morgan fingerprint density at radius 1 is 0.957 bits per heavy atom. The van der Waals surface area contributed by atoms with Gasteiger partial charge in [-0.15, -0.1) is 0 Å². The van der Waals surface area contributed by atoms with Gasteiger partial charge in [0.2, 0.25) is 0 Å². The lowest BCUT2D eigenvalue weighted by molar-refractivity contribution is 0.154. The van der Waals surface area contributed by atoms with Crippen molar-refractivity contribution < 1.29 is 20.4 Å². The summed E-state index contributed by atoms with van der Waals surface area (Å²) >= 11 is 0. The zero-order valence-electron chi connectivity index (χ0n) is 13.1. The van der Waals surface area contributed by atoms with Gasteiger partial charge in [0.1, 0.15) is 5.75 Å². The highest BCUT2D eigenvalue weighted by atomic mass is 16.3. The molecule has 2 aromatic carbocycles. The highest BCUT2D eigenvalue weighted by Gasteiger charge is 2.12. The molecule has 0 heterocycles. The second-order valence-electron chi connectivity index (χ2n) is 5.77. The van der Waals surface area contributed by atoms with Crippen molar-refractivity contribution in [3.8, 4) is 17.2 Å². The first kappa shape index (κ1) is 17.1. The molecule has 0 aliphatic rings. The molecule has 0 saturated heterocycles. The largest absolute Gasteiger partial charge is 0.508 e. The number of phenols is 3. The lowest BCUT2D eigenvalue weighted by Gasteiger charge is -2.18. The first-order valence-corrected chi connectivity index (χ1v) is 7.67. The summed E-state index contributed by atoms with van der Waals surface area (Å²) in [7, 11) is 0. The van der Waals surface area contributed by atoms with E-state index in [0.717, 1.165) is 11.1 Å². The van der Waals surface area contributed by atoms with Gasteiger partial charge in [0.25, 0.3) is 0 Å². The van der Waals surface area contributed by atoms with Crippen LogP contribution in [0.1, 0.15) is 30.6 Å². The summed E-state index contributed by atoms with van der Waals surface area (Å²) < 4.78 is 0. The average Bonchev–Trinajstić information content (AvgIpc) is 2.51. The first-order chi connectivity index (χ1) is 11.0. The monoisotopic (exact) mass is 317 g/mol. The van der Waals surface area contributed by atoms with Gasteiger partial charge in [0.15, 0.2) is 11.5 Å². The number of phenolic OH excluding ortho intramolecular Hbond substituents is 3. The molecule has 5 heteroatoms. The van der Waals surface area contributed by atoms with Gasteiger partial charge < -0.3 is 25.7 Å². The van der Waals surface area contributed by atoms with Gasteiger partial charge in [0.05, 0.1) is 6.10 Å². The van der Waals surface area contributed by atoms with E-state index in [1.165, 1.54) is 6.07 Å². The van der Waals surface area contributed by atoms with Crippen LogP contribution in [0.25, 0.3) is 0 Å². The predicted molar refractivity (Wildman–Crippen MR) is 88.6 cm³/mol. The maximum Gasteiger partial charge on any atom is 0.157 e. The number of benzene rings is 2. The van der Waals surface area contributed by atoms with Crippen LogP contribution in [0, 0.1) is 0 Å². The van der Waals surface area contributed by atoms with Crippen molar-refractivity contribution >= 4 is 0 Å². The van der Waals surface area contributed by atoms with Crippen molar-refractivity contribution in [2.45, 2.75) is 31.9 Å². The van der Waals surface area contributed by atoms with E-state index >= 15 is 0 Å². The van der Waals surface area contributed by atoms with Gasteiger partial charge in [-0.3, -0.25) is 0 Å². The summed E-state index contributed by atoms with van der Waals surface area (Å²) in [4.78, 5) is 0. The Labute approximate surface area is 135 Å². The molecule has 0 amide bonds. The van der Waals surface area contributed by atoms with Crippen LogP contribution in [0.15, 0.2) is 42.5 Å². The highest BCUT2D eigenvalue weighted by molar-refractivity contribution is 5.40. The SMILES string of the molecule is CC(CC(O)c1ccc(O)cc1)NCCc1ccc(O)c(O)c1. The van der Waals surface area contributed by atoms with Crippen molar-refractivity contribution in [2.24, 2.45) is 0 Å². The van der Waals surface area contributed by atoms with Gasteiger partial charge in [-0.2, -0.15) is 0 Å². The highest BCUT2D eigenvalue weighted by Crippen LogP contribution is 2.25. The molecule has 0 aliphatic carbocycles. The third-order valence-electron chi connectivity index (χ3n) is 3.80. The Bertz CT molecular complexity index is 627. The maximum atomic E-state index is 10.2. The topological polar surface area (TPSA) is 93.0 Å². The van der Waals surface area contributed by atoms with Crippen molar-refractivity contribution in [3.05, 3.63) is 53.6 Å². The van der Waals surface area contributed by atoms with Gasteiger partial charge in [-0.25, -0.2) is 0 Å². The normalized spacial score (nSPS) is 13.7. The molecule has 0 aromatic heterocycles. The minimum atomic E-state index is -0.587. The molecule has 124 valence electrons. The van der Waals surface area contributed by atoms with Crippen molar-refractivity contribution in [1.82, 2.24) is 5.32 Å². The first-order valence-electron chi connectivity index (χ1n) is 7.67. The van der Waals surface area contributed by atoms with Crippen LogP contribution >= 0.6 is 0 Å². The van der Waals surface area contributed by atoms with Crippen LogP contribution < -0.4 is 5.32 Å². The van der Waals surface area contributed by atoms with Crippen molar-refractivity contribution in [2.75, 3.05) is 6.54 Å². The molecule has 2 aromatic rings. The maximum absolute atomic E-state index is 10.2. The third-order valence-corrected chi connectivity index (χ3v) is 3.80. The second kappa shape index (κ2) is 7.85. The Morgan fingerprint density at radius 3 is 2.30 bits per heavy atom. The molecular formula is C18H23NO4. The number of aliphatic hydroxyl groups excluding tert-OH is 1. The van der Waals surface area contributed by atoms with Gasteiger partial charge in [0, 0.05) is 6.04 Å². The zero-order valence-corrected chi connectivity index (χ0v) is 13.1. The van der Waals surface area contributed by atoms with Gasteiger partial charge in [-0.1, -0.05) is 18.2 Å². The molecular weight excluding hydrogens is 294 g/mol. The van der Waals surface area contributed by atoms with Crippen LogP contribution in [0.4, 0.5) is 0 Å². The molecule has 0 aliphatic heterocycles. The molecule has 5 nitrogen and oxygen atoms in total. The van der Waals surface area contributed by atoms with Crippen molar-refractivity contribution in [3.63, 3.8) is 0 Å². The Hall–Kier alpha value is -2.24. The Balaban J connectivity index is 1.77. The van der Waals surface area contributed by atoms with Gasteiger partial charge in [-0.05, 0) is 61.7 Å². The minimum absolute atomic E-state index is 0.113. The smallest absolute Gasteiger partial charge is 0.157 e. The minimum Gasteiger partial charge on any atom is -0.508 e. The molecule has 2 atom stereocenters. The molecule has 2 rings (SSSR count). The molecule has 0 bridgehead atoms. The fraction of sp³-hybridized carbons (Fsp3) is 0.333. The Kier molecular flexibility index (Phi) is 5.84. The Morgan fingerprint density at radius 2 is 1.65 bits per heavy atom. The summed E-state index contributed by atoms with van der Waals surface area (Å²) in [5, 5.41) is 41.5. The third kappa shape index (κ3) is 5.16. The number of nitrogens with one attached hydrogen (secondary N) is 1. The van der Waals surface area contributed by atoms with Crippen LogP contribution in [0.3, 0.4) is 0 Å². The molecule has 0 fully saturated rings. The lowest BCUT2D eigenvalue weighted by atomic mass is 10.0. The molecule has 2 unspecified atom stereocenters. The molecule has 0 radical (unpaired) electrons. The summed E-state index contributed by atoms with van der Waals surface area (Å²) in [6.07, 6.45) is 0.690. The van der Waals surface area contributed by atoms with Crippen LogP contribution in [-0.2, 0) is 6.42 Å². The lowest BCUT2D eigenvalue weighted by Crippen LogP contribution is -2.29. The molecule has 5 N–H and O–H groups in total. The van der Waals surface area contributed by atoms with E-state index in [0.29, 0.717) is 19.4 Å². The zero-order chi connectivity index (χ0) is 16.8. The van der Waals surface area contributed by atoms with Crippen LogP contribution in [-0.4, -0.2) is 33.0 Å². The molecule has 0 spiro atoms. The van der Waals surface area contributed by atoms with E-state index in [1.54, 1.807) is 36.4 Å². The summed E-state index contributed by atoms with van der Waals surface area (Å²) in [6.45, 7) is 2.70. The average molecular weight is 317 g/mol. The van der Waals surface area contributed by atoms with Crippen molar-refractivity contribution in [1.29, 1.82) is 0 Å². The van der Waals surface area contributed by atoms with Crippen LogP contribution in [0.5, 0.6) is 17.2 Å². The number of hydrogen-bond acceptors (Lipinski definition) is 5. The van der Waals surface area contributed by atoms with E-state index in [2.05, 4.69) is 5.32 Å². The second-order valence-corrected chi connectivity index (χ2v) is 5.77. The summed E-state index contributed by atoms with van der Waals surface area (Å²) in [5.74, 6) is -0.0466. The summed E-state index contributed by atoms with van der Waals surface area (Å²) in [6, 6.07) is 11.5. The quantitative estimate of drug-likeness (QED) is 0.506. The summed E-state index contributed by atoms with van der Waals surface area (Å²) in [5.41, 5.74) is 1.71. The van der Waals surface area contributed by atoms with E-state index in [9.17, 15) is 20.4 Å². The molecule has 0 saturated carbocycles. The fourth-order valence-corrected chi connectivity index (χ4v) is 2.44. The fourth-order valence-electron chi connectivity index (χ4n) is 2.44. The van der Waals surface area contributed by atoms with E-state index in [1.807, 2.05) is 6.92 Å². The molecule has 23 heavy (non-hydrogen) atoms. The van der Waals surface area contributed by atoms with E-state index in [-0.39, 0.29) is 23.3 Å². The van der Waals surface area contributed by atoms with E-state index in [4.69, 9.17) is 0 Å². The standard InChI is InChI=1S/C18H23NO4/c1-12(10-17(22)14-3-5-15(20)6-4-14)19-9-8-13-2-7-16(21)18(23)11-13/h2-7,11-12,17,19-23H,8-10H2,1H3. The number of aliphatic hydroxyl groups is 1. The number of rotatable bonds is 7. The number of aromatic hydroxyl groups is 3. The van der Waals surface area contributed by atoms with Gasteiger partial charge >= 0.3 is 0 Å². The number of hydrogen-bond donors (Lipinski definition) is 5. The van der Waals surface area contributed by atoms with E-state index < -0.39 is 6.10 Å². The van der Waals surface area contributed by atoms with Crippen LogP contribution in [0.2, 0.25) is 0 Å².